The molecule has 0 radical (unpaired) electrons. The Morgan fingerprint density at radius 1 is 1.03 bits per heavy atom. The predicted molar refractivity (Wildman–Crippen MR) is 126 cm³/mol. The summed E-state index contributed by atoms with van der Waals surface area (Å²) in [6, 6.07) is 8.23. The summed E-state index contributed by atoms with van der Waals surface area (Å²) in [5, 5.41) is 4.38. The van der Waals surface area contributed by atoms with E-state index in [-0.39, 0.29) is 11.1 Å². The molecule has 0 saturated carbocycles. The minimum Gasteiger partial charge on any atom is -0.492 e. The van der Waals surface area contributed by atoms with E-state index < -0.39 is 11.7 Å². The molecule has 10 heteroatoms. The molecule has 0 aliphatic carbocycles. The van der Waals surface area contributed by atoms with Gasteiger partial charge in [-0.3, -0.25) is 0 Å². The van der Waals surface area contributed by atoms with Crippen molar-refractivity contribution in [3.63, 3.8) is 0 Å². The Kier molecular flexibility index (Phi) is 10.7. The third-order valence-electron chi connectivity index (χ3n) is 4.40. The van der Waals surface area contributed by atoms with Gasteiger partial charge in [0.1, 0.15) is 29.2 Å². The molecule has 0 saturated heterocycles. The topological polar surface area (TPSA) is 40.0 Å². The van der Waals surface area contributed by atoms with Gasteiger partial charge < -0.3 is 14.3 Å². The van der Waals surface area contributed by atoms with Crippen molar-refractivity contribution >= 4 is 40.5 Å². The van der Waals surface area contributed by atoms with Crippen LogP contribution in [0.15, 0.2) is 52.1 Å². The summed E-state index contributed by atoms with van der Waals surface area (Å²) in [6.45, 7) is 4.53. The number of benzene rings is 2. The Bertz CT molecular complexity index is 950. The molecule has 0 heterocycles. The number of halogens is 6. The van der Waals surface area contributed by atoms with E-state index >= 15 is 0 Å². The van der Waals surface area contributed by atoms with Crippen LogP contribution in [0.3, 0.4) is 0 Å². The number of nitrogens with zero attached hydrogens (tertiary/aromatic N) is 1. The fourth-order valence-corrected chi connectivity index (χ4v) is 3.14. The van der Waals surface area contributed by atoms with Gasteiger partial charge in [-0.15, -0.1) is 0 Å². The smallest absolute Gasteiger partial charge is 0.416 e. The van der Waals surface area contributed by atoms with Crippen LogP contribution in [0.2, 0.25) is 5.02 Å². The zero-order valence-corrected chi connectivity index (χ0v) is 20.3. The van der Waals surface area contributed by atoms with Crippen molar-refractivity contribution in [2.75, 3.05) is 19.8 Å². The SMILES string of the molecule is CC(=NOCCCCOc1c(C)cc(OCC=C(Cl)Cl)cc1Cl)c1ccc(C(F)(F)F)cc1. The van der Waals surface area contributed by atoms with Crippen molar-refractivity contribution in [3.8, 4) is 11.5 Å². The number of ether oxygens (including phenoxy) is 2. The van der Waals surface area contributed by atoms with Gasteiger partial charge in [-0.25, -0.2) is 0 Å². The van der Waals surface area contributed by atoms with Crippen LogP contribution in [0.1, 0.15) is 36.5 Å². The first kappa shape index (κ1) is 27.2. The van der Waals surface area contributed by atoms with Crippen LogP contribution in [0.5, 0.6) is 11.5 Å². The lowest BCUT2D eigenvalue weighted by Crippen LogP contribution is -2.05. The lowest BCUT2D eigenvalue weighted by atomic mass is 10.1. The molecule has 0 aliphatic rings. The van der Waals surface area contributed by atoms with Gasteiger partial charge in [0, 0.05) is 6.07 Å². The van der Waals surface area contributed by atoms with Crippen LogP contribution in [0.25, 0.3) is 0 Å². The maximum Gasteiger partial charge on any atom is 0.416 e. The molecule has 4 nitrogen and oxygen atoms in total. The average molecular weight is 525 g/mol. The van der Waals surface area contributed by atoms with E-state index in [4.69, 9.17) is 49.1 Å². The van der Waals surface area contributed by atoms with Crippen molar-refractivity contribution in [3.05, 3.63) is 68.7 Å². The zero-order chi connectivity index (χ0) is 24.4. The van der Waals surface area contributed by atoms with E-state index in [2.05, 4.69) is 5.16 Å². The average Bonchev–Trinajstić information content (AvgIpc) is 2.73. The summed E-state index contributed by atoms with van der Waals surface area (Å²) in [7, 11) is 0. The molecule has 0 spiro atoms. The second-order valence-corrected chi connectivity index (χ2v) is 8.41. The van der Waals surface area contributed by atoms with Gasteiger partial charge in [-0.05, 0) is 62.1 Å². The first-order chi connectivity index (χ1) is 15.6. The van der Waals surface area contributed by atoms with E-state index in [1.165, 1.54) is 18.2 Å². The molecule has 2 rings (SSSR count). The highest BCUT2D eigenvalue weighted by molar-refractivity contribution is 6.55. The lowest BCUT2D eigenvalue weighted by Gasteiger charge is -2.13. The molecule has 0 amide bonds. The van der Waals surface area contributed by atoms with Crippen molar-refractivity contribution in [1.82, 2.24) is 0 Å². The highest BCUT2D eigenvalue weighted by atomic mass is 35.5. The highest BCUT2D eigenvalue weighted by Gasteiger charge is 2.30. The standard InChI is InChI=1S/C23H23Cl3F3NO3/c1-15-13-19(31-12-9-21(25)26)14-20(24)22(15)32-10-3-4-11-33-30-16(2)17-5-7-18(8-6-17)23(27,28)29/h5-9,13-14H,3-4,10-12H2,1-2H3. The number of rotatable bonds is 11. The second kappa shape index (κ2) is 13.0. The van der Waals surface area contributed by atoms with Gasteiger partial charge in [0.25, 0.3) is 0 Å². The highest BCUT2D eigenvalue weighted by Crippen LogP contribution is 2.33. The quantitative estimate of drug-likeness (QED) is 0.170. The molecule has 0 bridgehead atoms. The minimum atomic E-state index is -4.36. The van der Waals surface area contributed by atoms with Crippen LogP contribution in [-0.4, -0.2) is 25.5 Å². The first-order valence-corrected chi connectivity index (χ1v) is 11.1. The lowest BCUT2D eigenvalue weighted by molar-refractivity contribution is -0.137. The van der Waals surface area contributed by atoms with Crippen molar-refractivity contribution in [2.45, 2.75) is 32.9 Å². The molecule has 0 atom stereocenters. The fraction of sp³-hybridized carbons (Fsp3) is 0.348. The summed E-state index contributed by atoms with van der Waals surface area (Å²) in [6.07, 6.45) is -1.47. The van der Waals surface area contributed by atoms with Gasteiger partial charge in [0.2, 0.25) is 0 Å². The van der Waals surface area contributed by atoms with E-state index in [9.17, 15) is 13.2 Å². The Labute approximate surface area is 205 Å². The maximum atomic E-state index is 12.6. The molecule has 33 heavy (non-hydrogen) atoms. The summed E-state index contributed by atoms with van der Waals surface area (Å²) < 4.78 is 49.3. The molecule has 0 N–H and O–H groups in total. The normalized spacial score (nSPS) is 11.8. The molecular formula is C23H23Cl3F3NO3. The van der Waals surface area contributed by atoms with Gasteiger partial charge in [-0.1, -0.05) is 52.1 Å². The third kappa shape index (κ3) is 9.35. The van der Waals surface area contributed by atoms with Crippen LogP contribution in [0.4, 0.5) is 13.2 Å². The van der Waals surface area contributed by atoms with Crippen LogP contribution < -0.4 is 9.47 Å². The number of hydrogen-bond acceptors (Lipinski definition) is 4. The summed E-state index contributed by atoms with van der Waals surface area (Å²) >= 11 is 17.4. The molecule has 0 unspecified atom stereocenters. The number of oxime groups is 1. The second-order valence-electron chi connectivity index (χ2n) is 7.00. The van der Waals surface area contributed by atoms with Gasteiger partial charge >= 0.3 is 6.18 Å². The summed E-state index contributed by atoms with van der Waals surface area (Å²) in [4.78, 5) is 5.26. The van der Waals surface area contributed by atoms with Crippen molar-refractivity contribution < 1.29 is 27.5 Å². The molecule has 0 aliphatic heterocycles. The monoisotopic (exact) mass is 523 g/mol. The van der Waals surface area contributed by atoms with Crippen LogP contribution >= 0.6 is 34.8 Å². The first-order valence-electron chi connectivity index (χ1n) is 9.99. The molecular weight excluding hydrogens is 502 g/mol. The zero-order valence-electron chi connectivity index (χ0n) is 18.0. The van der Waals surface area contributed by atoms with E-state index in [1.807, 2.05) is 6.92 Å². The molecule has 2 aromatic carbocycles. The van der Waals surface area contributed by atoms with Crippen LogP contribution in [0, 0.1) is 6.92 Å². The van der Waals surface area contributed by atoms with Crippen molar-refractivity contribution in [2.24, 2.45) is 5.16 Å². The maximum absolute atomic E-state index is 12.6. The predicted octanol–water partition coefficient (Wildman–Crippen LogP) is 7.96. The van der Waals surface area contributed by atoms with E-state index in [0.717, 1.165) is 17.7 Å². The number of alkyl halides is 3. The molecule has 0 aromatic heterocycles. The van der Waals surface area contributed by atoms with Gasteiger partial charge in [0.05, 0.1) is 22.9 Å². The third-order valence-corrected chi connectivity index (χ3v) is 4.99. The van der Waals surface area contributed by atoms with Gasteiger partial charge in [-0.2, -0.15) is 13.2 Å². The summed E-state index contributed by atoms with van der Waals surface area (Å²) in [5.41, 5.74) is 1.18. The Hall–Kier alpha value is -2.09. The van der Waals surface area contributed by atoms with Gasteiger partial charge in [0.15, 0.2) is 0 Å². The van der Waals surface area contributed by atoms with E-state index in [1.54, 1.807) is 19.1 Å². The minimum absolute atomic E-state index is 0.127. The van der Waals surface area contributed by atoms with E-state index in [0.29, 0.717) is 53.9 Å². The largest absolute Gasteiger partial charge is 0.492 e. The Morgan fingerprint density at radius 3 is 2.30 bits per heavy atom. The molecule has 180 valence electrons. The Morgan fingerprint density at radius 2 is 1.70 bits per heavy atom. The van der Waals surface area contributed by atoms with Crippen LogP contribution in [-0.2, 0) is 11.0 Å². The number of unbranched alkanes of at least 4 members (excludes halogenated alkanes) is 1. The summed E-state index contributed by atoms with van der Waals surface area (Å²) in [5.74, 6) is 1.15. The Balaban J connectivity index is 1.73. The number of aryl methyl sites for hydroxylation is 1. The number of hydrogen-bond donors (Lipinski definition) is 0. The van der Waals surface area contributed by atoms with Crippen molar-refractivity contribution in [1.29, 1.82) is 0 Å². The fourth-order valence-electron chi connectivity index (χ4n) is 2.70. The molecule has 2 aromatic rings. The molecule has 0 fully saturated rings.